The summed E-state index contributed by atoms with van der Waals surface area (Å²) in [4.78, 5) is 83.5. The number of ketones is 2. The highest BCUT2D eigenvalue weighted by atomic mass is 16.6. The Kier molecular flexibility index (Phi) is 30.5. The third kappa shape index (κ3) is 36.7. The van der Waals surface area contributed by atoms with Gasteiger partial charge in [-0.2, -0.15) is 0 Å². The SMILES string of the molecule is CC(C)(C)OC(=O)NCCCOCCOCCOCCCN(CCC(=O)NCCCC(=O)CCCC(=O)O)CCC(=O)NCCCC(=O)CCCC(=O)O. The lowest BCUT2D eigenvalue weighted by Crippen LogP contribution is -2.35. The van der Waals surface area contributed by atoms with Crippen molar-refractivity contribution in [3.8, 4) is 0 Å². The van der Waals surface area contributed by atoms with Gasteiger partial charge in [-0.15, -0.1) is 0 Å². The predicted octanol–water partition coefficient (Wildman–Crippen LogP) is 2.86. The average molecular weight is 775 g/mol. The molecule has 0 atom stereocenters. The van der Waals surface area contributed by atoms with E-state index in [1.54, 1.807) is 20.8 Å². The molecule has 0 radical (unpaired) electrons. The summed E-state index contributed by atoms with van der Waals surface area (Å²) in [5, 5.41) is 25.7. The number of carboxylic acids is 2. The van der Waals surface area contributed by atoms with Crippen molar-refractivity contribution in [2.24, 2.45) is 0 Å². The van der Waals surface area contributed by atoms with Gasteiger partial charge in [-0.25, -0.2) is 4.79 Å². The minimum absolute atomic E-state index is 0.0294. The van der Waals surface area contributed by atoms with Gasteiger partial charge in [0.2, 0.25) is 11.8 Å². The molecule has 0 aliphatic rings. The summed E-state index contributed by atoms with van der Waals surface area (Å²) in [5.41, 5.74) is -0.538. The summed E-state index contributed by atoms with van der Waals surface area (Å²) in [6.45, 7) is 10.5. The first-order valence-electron chi connectivity index (χ1n) is 19.1. The lowest BCUT2D eigenvalue weighted by atomic mass is 10.1. The van der Waals surface area contributed by atoms with Crippen LogP contribution in [0.2, 0.25) is 0 Å². The van der Waals surface area contributed by atoms with Gasteiger partial charge in [-0.3, -0.25) is 28.8 Å². The van der Waals surface area contributed by atoms with Crippen LogP contribution in [0.5, 0.6) is 0 Å². The predicted molar refractivity (Wildman–Crippen MR) is 199 cm³/mol. The van der Waals surface area contributed by atoms with Crippen LogP contribution < -0.4 is 16.0 Å². The maximum atomic E-state index is 12.5. The van der Waals surface area contributed by atoms with E-state index in [0.29, 0.717) is 117 Å². The number of nitrogens with zero attached hydrogens (tertiary/aromatic N) is 1. The van der Waals surface area contributed by atoms with Gasteiger partial charge in [0.25, 0.3) is 0 Å². The van der Waals surface area contributed by atoms with E-state index in [0.717, 1.165) is 0 Å². The number of ether oxygens (including phenoxy) is 4. The molecule has 0 aliphatic heterocycles. The monoisotopic (exact) mass is 774 g/mol. The summed E-state index contributed by atoms with van der Waals surface area (Å²) >= 11 is 0. The molecule has 17 heteroatoms. The zero-order valence-electron chi connectivity index (χ0n) is 32.7. The molecular weight excluding hydrogens is 708 g/mol. The molecule has 0 heterocycles. The van der Waals surface area contributed by atoms with Gasteiger partial charge in [0.1, 0.15) is 17.2 Å². The number of carbonyl (C=O) groups is 7. The quantitative estimate of drug-likeness (QED) is 0.0576. The zero-order chi connectivity index (χ0) is 40.5. The van der Waals surface area contributed by atoms with E-state index in [1.807, 2.05) is 4.90 Å². The average Bonchev–Trinajstić information content (AvgIpc) is 3.08. The first-order valence-corrected chi connectivity index (χ1v) is 19.1. The molecule has 0 aromatic carbocycles. The van der Waals surface area contributed by atoms with Gasteiger partial charge in [0.05, 0.1) is 26.4 Å². The standard InChI is InChI=1S/C37H66N4O13/c1-37(2,3)54-36(50)40-20-8-24-51-26-28-53-29-27-52-25-9-21-41(22-16-32(44)38-18-6-12-30(42)10-4-14-34(46)47)23-17-33(45)39-19-7-13-31(43)11-5-15-35(48)49/h4-29H2,1-3H3,(H,38,44)(H,39,45)(H,40,50)(H,46,47)(H,48,49). The Bertz CT molecular complexity index is 1040. The molecular formula is C37H66N4O13. The number of Topliss-reactive ketones (excluding diaryl/α,β-unsaturated/α-hetero) is 2. The topological polar surface area (TPSA) is 236 Å². The van der Waals surface area contributed by atoms with Crippen LogP contribution in [0, 0.1) is 0 Å². The van der Waals surface area contributed by atoms with E-state index in [9.17, 15) is 33.6 Å². The fraction of sp³-hybridized carbons (Fsp3) is 0.811. The van der Waals surface area contributed by atoms with Crippen molar-refractivity contribution in [1.82, 2.24) is 20.9 Å². The highest BCUT2D eigenvalue weighted by Gasteiger charge is 2.15. The minimum Gasteiger partial charge on any atom is -0.481 e. The Balaban J connectivity index is 4.35. The first-order chi connectivity index (χ1) is 25.7. The van der Waals surface area contributed by atoms with Crippen molar-refractivity contribution in [2.45, 2.75) is 116 Å². The molecule has 0 unspecified atom stereocenters. The third-order valence-electron chi connectivity index (χ3n) is 7.55. The number of hydrogen-bond acceptors (Lipinski definition) is 12. The number of amides is 3. The van der Waals surface area contributed by atoms with Gasteiger partial charge in [-0.05, 0) is 59.3 Å². The largest absolute Gasteiger partial charge is 0.481 e. The van der Waals surface area contributed by atoms with Gasteiger partial charge < -0.3 is 50.0 Å². The van der Waals surface area contributed by atoms with Crippen LogP contribution in [0.4, 0.5) is 4.79 Å². The van der Waals surface area contributed by atoms with E-state index in [-0.39, 0.29) is 74.7 Å². The van der Waals surface area contributed by atoms with Gasteiger partial charge in [0.15, 0.2) is 0 Å². The first kappa shape index (κ1) is 50.3. The molecule has 0 bridgehead atoms. The van der Waals surface area contributed by atoms with Crippen LogP contribution in [-0.4, -0.2) is 141 Å². The summed E-state index contributed by atoms with van der Waals surface area (Å²) < 4.78 is 21.9. The minimum atomic E-state index is -0.933. The lowest BCUT2D eigenvalue weighted by Gasteiger charge is -2.22. The maximum absolute atomic E-state index is 12.5. The molecule has 5 N–H and O–H groups in total. The molecule has 312 valence electrons. The number of aliphatic carboxylic acids is 2. The van der Waals surface area contributed by atoms with Crippen LogP contribution in [0.1, 0.15) is 111 Å². The Morgan fingerprint density at radius 2 is 0.889 bits per heavy atom. The molecule has 0 fully saturated rings. The van der Waals surface area contributed by atoms with E-state index in [2.05, 4.69) is 16.0 Å². The lowest BCUT2D eigenvalue weighted by molar-refractivity contribution is -0.138. The second-order valence-electron chi connectivity index (χ2n) is 13.8. The molecule has 54 heavy (non-hydrogen) atoms. The molecule has 0 spiro atoms. The molecule has 3 amide bonds. The zero-order valence-corrected chi connectivity index (χ0v) is 32.7. The highest BCUT2D eigenvalue weighted by Crippen LogP contribution is 2.06. The second kappa shape index (κ2) is 32.7. The summed E-state index contributed by atoms with van der Waals surface area (Å²) in [5.74, 6) is -2.28. The Morgan fingerprint density at radius 3 is 1.33 bits per heavy atom. The van der Waals surface area contributed by atoms with Crippen molar-refractivity contribution in [3.63, 3.8) is 0 Å². The normalized spacial score (nSPS) is 11.3. The number of nitrogens with one attached hydrogen (secondary N) is 3. The van der Waals surface area contributed by atoms with Crippen LogP contribution in [0.3, 0.4) is 0 Å². The van der Waals surface area contributed by atoms with Crippen molar-refractivity contribution < 1.29 is 62.7 Å². The summed E-state index contributed by atoms with van der Waals surface area (Å²) in [6.07, 6.45) is 3.69. The van der Waals surface area contributed by atoms with Gasteiger partial charge in [0, 0.05) is 104 Å². The van der Waals surface area contributed by atoms with Crippen LogP contribution >= 0.6 is 0 Å². The van der Waals surface area contributed by atoms with E-state index < -0.39 is 23.6 Å². The Labute approximate surface area is 319 Å². The van der Waals surface area contributed by atoms with Crippen LogP contribution in [-0.2, 0) is 47.7 Å². The maximum Gasteiger partial charge on any atom is 0.407 e. The van der Waals surface area contributed by atoms with Crippen molar-refractivity contribution in [1.29, 1.82) is 0 Å². The van der Waals surface area contributed by atoms with E-state index in [4.69, 9.17) is 29.2 Å². The van der Waals surface area contributed by atoms with E-state index in [1.165, 1.54) is 0 Å². The fourth-order valence-electron chi connectivity index (χ4n) is 4.79. The summed E-state index contributed by atoms with van der Waals surface area (Å²) in [7, 11) is 0. The molecule has 0 saturated carbocycles. The molecule has 0 rings (SSSR count). The number of carboxylic acid groups (broad SMARTS) is 2. The van der Waals surface area contributed by atoms with Crippen LogP contribution in [0.25, 0.3) is 0 Å². The Morgan fingerprint density at radius 1 is 0.481 bits per heavy atom. The molecule has 0 aromatic rings. The van der Waals surface area contributed by atoms with Crippen LogP contribution in [0.15, 0.2) is 0 Å². The molecule has 0 saturated heterocycles. The highest BCUT2D eigenvalue weighted by molar-refractivity contribution is 5.80. The number of carbonyl (C=O) groups excluding carboxylic acids is 5. The third-order valence-corrected chi connectivity index (χ3v) is 7.55. The van der Waals surface area contributed by atoms with Crippen molar-refractivity contribution in [3.05, 3.63) is 0 Å². The number of alkyl carbamates (subject to hydrolysis) is 1. The van der Waals surface area contributed by atoms with E-state index >= 15 is 0 Å². The summed E-state index contributed by atoms with van der Waals surface area (Å²) in [6, 6.07) is 0. The van der Waals surface area contributed by atoms with Crippen molar-refractivity contribution in [2.75, 3.05) is 78.9 Å². The number of rotatable bonds is 36. The van der Waals surface area contributed by atoms with Gasteiger partial charge >= 0.3 is 18.0 Å². The smallest absolute Gasteiger partial charge is 0.407 e. The van der Waals surface area contributed by atoms with Gasteiger partial charge in [-0.1, -0.05) is 0 Å². The number of hydrogen-bond donors (Lipinski definition) is 5. The fourth-order valence-corrected chi connectivity index (χ4v) is 4.79. The Hall–Kier alpha value is -3.67. The molecule has 0 aromatic heterocycles. The van der Waals surface area contributed by atoms with Crippen molar-refractivity contribution >= 4 is 41.4 Å². The molecule has 17 nitrogen and oxygen atoms in total. The molecule has 0 aliphatic carbocycles. The second-order valence-corrected chi connectivity index (χ2v) is 13.8.